The average molecular weight is 240 g/mol. The molecular weight excluding hydrogens is 230 g/mol. The molecule has 2 rings (SSSR count). The molecule has 0 spiro atoms. The van der Waals surface area contributed by atoms with Crippen molar-refractivity contribution in [1.82, 2.24) is 10.3 Å². The SMILES string of the molecule is CC1CN=C(c2cncc(Br)c2)N1. The van der Waals surface area contributed by atoms with E-state index in [2.05, 4.69) is 38.1 Å². The largest absolute Gasteiger partial charge is 0.366 e. The maximum atomic E-state index is 4.37. The van der Waals surface area contributed by atoms with Gasteiger partial charge in [0.15, 0.2) is 0 Å². The second-order valence-electron chi connectivity index (χ2n) is 3.13. The van der Waals surface area contributed by atoms with Gasteiger partial charge in [0.25, 0.3) is 0 Å². The third-order valence-electron chi connectivity index (χ3n) is 1.88. The second kappa shape index (κ2) is 3.46. The number of nitrogens with one attached hydrogen (secondary N) is 1. The molecule has 0 amide bonds. The molecule has 0 saturated heterocycles. The van der Waals surface area contributed by atoms with Gasteiger partial charge in [-0.25, -0.2) is 0 Å². The Labute approximate surface area is 85.4 Å². The van der Waals surface area contributed by atoms with Crippen LogP contribution in [0.15, 0.2) is 27.9 Å². The van der Waals surface area contributed by atoms with Crippen LogP contribution in [0.3, 0.4) is 0 Å². The van der Waals surface area contributed by atoms with Crippen molar-refractivity contribution in [3.8, 4) is 0 Å². The molecule has 1 N–H and O–H groups in total. The van der Waals surface area contributed by atoms with Crippen LogP contribution in [0.1, 0.15) is 12.5 Å². The number of amidine groups is 1. The maximum absolute atomic E-state index is 4.37. The van der Waals surface area contributed by atoms with Crippen molar-refractivity contribution >= 4 is 21.8 Å². The first-order valence-electron chi connectivity index (χ1n) is 4.17. The Morgan fingerprint density at radius 3 is 3.00 bits per heavy atom. The fourth-order valence-electron chi connectivity index (χ4n) is 1.27. The minimum atomic E-state index is 0.439. The molecule has 2 heterocycles. The van der Waals surface area contributed by atoms with Crippen LogP contribution < -0.4 is 5.32 Å². The van der Waals surface area contributed by atoms with Gasteiger partial charge in [-0.15, -0.1) is 0 Å². The quantitative estimate of drug-likeness (QED) is 0.809. The predicted octanol–water partition coefficient (Wildman–Crippen LogP) is 1.58. The molecule has 0 bridgehead atoms. The summed E-state index contributed by atoms with van der Waals surface area (Å²) in [5.41, 5.74) is 1.04. The molecule has 1 atom stereocenters. The van der Waals surface area contributed by atoms with E-state index >= 15 is 0 Å². The lowest BCUT2D eigenvalue weighted by Crippen LogP contribution is -2.27. The first kappa shape index (κ1) is 8.69. The summed E-state index contributed by atoms with van der Waals surface area (Å²) in [6, 6.07) is 2.45. The Bertz CT molecular complexity index is 348. The lowest BCUT2D eigenvalue weighted by molar-refractivity contribution is 0.726. The Hall–Kier alpha value is -0.900. The van der Waals surface area contributed by atoms with Crippen molar-refractivity contribution in [2.75, 3.05) is 6.54 Å². The first-order chi connectivity index (χ1) is 6.25. The average Bonchev–Trinajstić information content (AvgIpc) is 2.52. The lowest BCUT2D eigenvalue weighted by atomic mass is 10.2. The highest BCUT2D eigenvalue weighted by atomic mass is 79.9. The van der Waals surface area contributed by atoms with Crippen LogP contribution >= 0.6 is 15.9 Å². The molecule has 0 aliphatic carbocycles. The smallest absolute Gasteiger partial charge is 0.130 e. The van der Waals surface area contributed by atoms with E-state index in [1.807, 2.05) is 12.3 Å². The first-order valence-corrected chi connectivity index (χ1v) is 4.97. The van der Waals surface area contributed by atoms with E-state index in [-0.39, 0.29) is 0 Å². The van der Waals surface area contributed by atoms with Crippen molar-refractivity contribution in [2.24, 2.45) is 4.99 Å². The number of aromatic nitrogens is 1. The van der Waals surface area contributed by atoms with Crippen LogP contribution in [0.25, 0.3) is 0 Å². The van der Waals surface area contributed by atoms with Crippen LogP contribution in [-0.2, 0) is 0 Å². The summed E-state index contributed by atoms with van der Waals surface area (Å²) in [5.74, 6) is 0.946. The van der Waals surface area contributed by atoms with E-state index in [4.69, 9.17) is 0 Å². The van der Waals surface area contributed by atoms with Gasteiger partial charge in [0, 0.05) is 28.5 Å². The highest BCUT2D eigenvalue weighted by molar-refractivity contribution is 9.10. The highest BCUT2D eigenvalue weighted by Crippen LogP contribution is 2.11. The van der Waals surface area contributed by atoms with E-state index in [1.54, 1.807) is 6.20 Å². The third kappa shape index (κ3) is 1.88. The van der Waals surface area contributed by atoms with Gasteiger partial charge in [-0.1, -0.05) is 0 Å². The molecule has 1 aromatic heterocycles. The van der Waals surface area contributed by atoms with Gasteiger partial charge in [-0.05, 0) is 28.9 Å². The number of rotatable bonds is 1. The molecule has 0 saturated carbocycles. The fraction of sp³-hybridized carbons (Fsp3) is 0.333. The van der Waals surface area contributed by atoms with Crippen molar-refractivity contribution in [3.05, 3.63) is 28.5 Å². The summed E-state index contributed by atoms with van der Waals surface area (Å²) in [6.07, 6.45) is 3.58. The zero-order valence-corrected chi connectivity index (χ0v) is 8.87. The summed E-state index contributed by atoms with van der Waals surface area (Å²) < 4.78 is 0.981. The van der Waals surface area contributed by atoms with Crippen LogP contribution in [0.5, 0.6) is 0 Å². The molecule has 13 heavy (non-hydrogen) atoms. The predicted molar refractivity (Wildman–Crippen MR) is 55.9 cm³/mol. The number of pyridine rings is 1. The summed E-state index contributed by atoms with van der Waals surface area (Å²) >= 11 is 3.38. The molecule has 0 radical (unpaired) electrons. The van der Waals surface area contributed by atoms with Crippen molar-refractivity contribution in [3.63, 3.8) is 0 Å². The highest BCUT2D eigenvalue weighted by Gasteiger charge is 2.14. The molecule has 3 nitrogen and oxygen atoms in total. The van der Waals surface area contributed by atoms with Crippen molar-refractivity contribution in [1.29, 1.82) is 0 Å². The van der Waals surface area contributed by atoms with E-state index in [0.717, 1.165) is 22.4 Å². The van der Waals surface area contributed by atoms with Crippen molar-refractivity contribution < 1.29 is 0 Å². The Morgan fingerprint density at radius 2 is 2.38 bits per heavy atom. The standard InChI is InChI=1S/C9H10BrN3/c1-6-3-12-9(13-6)7-2-8(10)5-11-4-7/h2,4-6H,3H2,1H3,(H,12,13). The minimum absolute atomic E-state index is 0.439. The van der Waals surface area contributed by atoms with Gasteiger partial charge in [0.2, 0.25) is 0 Å². The zero-order chi connectivity index (χ0) is 9.26. The number of aliphatic imine (C=N–C) groups is 1. The molecule has 1 aliphatic rings. The monoisotopic (exact) mass is 239 g/mol. The summed E-state index contributed by atoms with van der Waals surface area (Å²) in [6.45, 7) is 2.96. The molecule has 0 fully saturated rings. The van der Waals surface area contributed by atoms with Crippen LogP contribution in [-0.4, -0.2) is 23.4 Å². The van der Waals surface area contributed by atoms with Gasteiger partial charge in [0.1, 0.15) is 5.84 Å². The fourth-order valence-corrected chi connectivity index (χ4v) is 1.63. The number of nitrogens with zero attached hydrogens (tertiary/aromatic N) is 2. The van der Waals surface area contributed by atoms with Gasteiger partial charge < -0.3 is 5.32 Å². The van der Waals surface area contributed by atoms with Crippen LogP contribution in [0.2, 0.25) is 0 Å². The van der Waals surface area contributed by atoms with Crippen LogP contribution in [0, 0.1) is 0 Å². The minimum Gasteiger partial charge on any atom is -0.366 e. The number of hydrogen-bond donors (Lipinski definition) is 1. The summed E-state index contributed by atoms with van der Waals surface area (Å²) in [7, 11) is 0. The van der Waals surface area contributed by atoms with Gasteiger partial charge in [0.05, 0.1) is 6.54 Å². The maximum Gasteiger partial charge on any atom is 0.130 e. The zero-order valence-electron chi connectivity index (χ0n) is 7.29. The molecule has 1 unspecified atom stereocenters. The molecule has 4 heteroatoms. The van der Waals surface area contributed by atoms with Crippen LogP contribution in [0.4, 0.5) is 0 Å². The van der Waals surface area contributed by atoms with E-state index in [9.17, 15) is 0 Å². The Balaban J connectivity index is 2.26. The Morgan fingerprint density at radius 1 is 1.54 bits per heavy atom. The van der Waals surface area contributed by atoms with E-state index in [0.29, 0.717) is 6.04 Å². The normalized spacial score (nSPS) is 21.1. The number of hydrogen-bond acceptors (Lipinski definition) is 3. The van der Waals surface area contributed by atoms with Gasteiger partial charge in [-0.3, -0.25) is 9.98 Å². The summed E-state index contributed by atoms with van der Waals surface area (Å²) in [4.78, 5) is 8.46. The lowest BCUT2D eigenvalue weighted by Gasteiger charge is -2.05. The van der Waals surface area contributed by atoms with Crippen molar-refractivity contribution in [2.45, 2.75) is 13.0 Å². The molecule has 1 aliphatic heterocycles. The van der Waals surface area contributed by atoms with E-state index < -0.39 is 0 Å². The second-order valence-corrected chi connectivity index (χ2v) is 4.04. The summed E-state index contributed by atoms with van der Waals surface area (Å²) in [5, 5.41) is 3.29. The topological polar surface area (TPSA) is 37.3 Å². The molecule has 1 aromatic rings. The molecule has 0 aromatic carbocycles. The van der Waals surface area contributed by atoms with Gasteiger partial charge >= 0.3 is 0 Å². The van der Waals surface area contributed by atoms with E-state index in [1.165, 1.54) is 0 Å². The Kier molecular flexibility index (Phi) is 2.31. The number of halogens is 1. The third-order valence-corrected chi connectivity index (χ3v) is 2.32. The van der Waals surface area contributed by atoms with Gasteiger partial charge in [-0.2, -0.15) is 0 Å². The molecular formula is C9H10BrN3. The molecule has 68 valence electrons.